The maximum Gasteiger partial charge on any atom is 0.253 e. The van der Waals surface area contributed by atoms with Crippen molar-refractivity contribution in [1.29, 1.82) is 0 Å². The predicted molar refractivity (Wildman–Crippen MR) is 95.6 cm³/mol. The number of nitrogens with two attached hydrogens (primary N) is 1. The molecule has 0 aliphatic heterocycles. The molecule has 0 fully saturated rings. The van der Waals surface area contributed by atoms with Gasteiger partial charge in [0.1, 0.15) is 5.82 Å². The van der Waals surface area contributed by atoms with E-state index in [-0.39, 0.29) is 11.7 Å². The van der Waals surface area contributed by atoms with Gasteiger partial charge < -0.3 is 15.5 Å². The lowest BCUT2D eigenvalue weighted by Crippen LogP contribution is -2.37. The van der Waals surface area contributed by atoms with Crippen molar-refractivity contribution in [3.05, 3.63) is 65.5 Å². The van der Waals surface area contributed by atoms with Crippen molar-refractivity contribution < 1.29 is 9.18 Å². The molecule has 1 amide bonds. The summed E-state index contributed by atoms with van der Waals surface area (Å²) in [6, 6.07) is 13.7. The second-order valence-corrected chi connectivity index (χ2v) is 5.68. The van der Waals surface area contributed by atoms with Crippen LogP contribution >= 0.6 is 0 Å². The number of carbonyl (C=O) groups excluding carboxylic acids is 1. The van der Waals surface area contributed by atoms with E-state index in [2.05, 4.69) is 0 Å². The smallest absolute Gasteiger partial charge is 0.253 e. The average Bonchev–Trinajstić information content (AvgIpc) is 2.62. The summed E-state index contributed by atoms with van der Waals surface area (Å²) >= 11 is 0. The van der Waals surface area contributed by atoms with Gasteiger partial charge in [-0.05, 0) is 48.9 Å². The molecule has 0 aliphatic rings. The third-order valence-corrected chi connectivity index (χ3v) is 4.08. The van der Waals surface area contributed by atoms with E-state index in [1.807, 2.05) is 43.1 Å². The van der Waals surface area contributed by atoms with Gasteiger partial charge in [0.15, 0.2) is 0 Å². The molecule has 2 rings (SSSR count). The van der Waals surface area contributed by atoms with E-state index >= 15 is 0 Å². The highest BCUT2D eigenvalue weighted by atomic mass is 19.1. The summed E-state index contributed by atoms with van der Waals surface area (Å²) in [5.41, 5.74) is 8.18. The van der Waals surface area contributed by atoms with Crippen LogP contribution in [0.1, 0.15) is 22.8 Å². The van der Waals surface area contributed by atoms with Crippen molar-refractivity contribution in [1.82, 2.24) is 4.90 Å². The number of amides is 1. The number of hydrogen-bond donors (Lipinski definition) is 1. The molecule has 5 heteroatoms. The van der Waals surface area contributed by atoms with Gasteiger partial charge in [0, 0.05) is 44.5 Å². The minimum absolute atomic E-state index is 0.00794. The molecule has 0 aliphatic carbocycles. The van der Waals surface area contributed by atoms with Crippen LogP contribution in [0.15, 0.2) is 48.5 Å². The lowest BCUT2D eigenvalue weighted by Gasteiger charge is -2.26. The lowest BCUT2D eigenvalue weighted by atomic mass is 10.1. The Morgan fingerprint density at radius 3 is 2.21 bits per heavy atom. The molecule has 128 valence electrons. The number of hydrogen-bond acceptors (Lipinski definition) is 3. The van der Waals surface area contributed by atoms with Gasteiger partial charge in [-0.25, -0.2) is 4.39 Å². The van der Waals surface area contributed by atoms with Crippen LogP contribution in [0.4, 0.5) is 10.1 Å². The van der Waals surface area contributed by atoms with Crippen molar-refractivity contribution in [3.8, 4) is 0 Å². The normalized spacial score (nSPS) is 10.5. The summed E-state index contributed by atoms with van der Waals surface area (Å²) in [7, 11) is 1.93. The van der Waals surface area contributed by atoms with E-state index in [9.17, 15) is 9.18 Å². The Kier molecular flexibility index (Phi) is 6.32. The molecular weight excluding hydrogens is 305 g/mol. The summed E-state index contributed by atoms with van der Waals surface area (Å²) in [6.45, 7) is 4.33. The topological polar surface area (TPSA) is 49.6 Å². The Balaban J connectivity index is 1.97. The molecule has 0 bridgehead atoms. The first kappa shape index (κ1) is 17.9. The largest absolute Gasteiger partial charge is 0.373 e. The number of anilines is 1. The fourth-order valence-corrected chi connectivity index (χ4v) is 2.46. The van der Waals surface area contributed by atoms with Gasteiger partial charge in [-0.15, -0.1) is 0 Å². The van der Waals surface area contributed by atoms with Crippen LogP contribution in [-0.2, 0) is 6.54 Å². The van der Waals surface area contributed by atoms with E-state index in [0.29, 0.717) is 31.7 Å². The minimum atomic E-state index is -0.251. The zero-order valence-electron chi connectivity index (χ0n) is 14.2. The Labute approximate surface area is 142 Å². The van der Waals surface area contributed by atoms with E-state index in [0.717, 1.165) is 11.3 Å². The fourth-order valence-electron chi connectivity index (χ4n) is 2.46. The molecule has 0 heterocycles. The molecule has 2 aromatic carbocycles. The van der Waals surface area contributed by atoms with E-state index in [1.54, 1.807) is 17.0 Å². The van der Waals surface area contributed by atoms with Gasteiger partial charge in [0.25, 0.3) is 5.91 Å². The van der Waals surface area contributed by atoms with Gasteiger partial charge in [0.05, 0.1) is 0 Å². The summed E-state index contributed by atoms with van der Waals surface area (Å²) in [5, 5.41) is 0. The van der Waals surface area contributed by atoms with Crippen molar-refractivity contribution in [2.24, 2.45) is 5.73 Å². The standard InChI is InChI=1S/C19H24FN3O/c1-3-23(19(24)16-6-4-15(14-21)5-7-16)13-12-22(2)18-10-8-17(20)9-11-18/h4-11H,3,12-14,21H2,1-2H3. The zero-order chi connectivity index (χ0) is 17.5. The molecular formula is C19H24FN3O. The second kappa shape index (κ2) is 8.45. The first-order chi connectivity index (χ1) is 11.5. The Hall–Kier alpha value is -2.40. The van der Waals surface area contributed by atoms with Crippen LogP contribution in [0.3, 0.4) is 0 Å². The van der Waals surface area contributed by atoms with Crippen molar-refractivity contribution in [3.63, 3.8) is 0 Å². The number of likely N-dealkylation sites (N-methyl/N-ethyl adjacent to an activating group) is 2. The van der Waals surface area contributed by atoms with Gasteiger partial charge in [-0.3, -0.25) is 4.79 Å². The number of halogens is 1. The van der Waals surface area contributed by atoms with Crippen molar-refractivity contribution in [2.45, 2.75) is 13.5 Å². The van der Waals surface area contributed by atoms with E-state index < -0.39 is 0 Å². The summed E-state index contributed by atoms with van der Waals surface area (Å²) in [6.07, 6.45) is 0. The highest BCUT2D eigenvalue weighted by Crippen LogP contribution is 2.13. The summed E-state index contributed by atoms with van der Waals surface area (Å²) in [4.78, 5) is 16.4. The van der Waals surface area contributed by atoms with Crippen molar-refractivity contribution >= 4 is 11.6 Å². The van der Waals surface area contributed by atoms with Gasteiger partial charge in [-0.1, -0.05) is 12.1 Å². The van der Waals surface area contributed by atoms with E-state index in [1.165, 1.54) is 12.1 Å². The van der Waals surface area contributed by atoms with Crippen LogP contribution < -0.4 is 10.6 Å². The lowest BCUT2D eigenvalue weighted by molar-refractivity contribution is 0.0769. The molecule has 0 atom stereocenters. The van der Waals surface area contributed by atoms with Crippen LogP contribution in [0.25, 0.3) is 0 Å². The second-order valence-electron chi connectivity index (χ2n) is 5.68. The maximum atomic E-state index is 13.0. The zero-order valence-corrected chi connectivity index (χ0v) is 14.2. The quantitative estimate of drug-likeness (QED) is 0.850. The predicted octanol–water partition coefficient (Wildman–Crippen LogP) is 2.88. The third kappa shape index (κ3) is 4.55. The highest BCUT2D eigenvalue weighted by molar-refractivity contribution is 5.94. The Morgan fingerprint density at radius 2 is 1.67 bits per heavy atom. The van der Waals surface area contributed by atoms with Crippen LogP contribution in [0.2, 0.25) is 0 Å². The summed E-state index contributed by atoms with van der Waals surface area (Å²) in [5.74, 6) is -0.244. The number of nitrogens with zero attached hydrogens (tertiary/aromatic N) is 2. The third-order valence-electron chi connectivity index (χ3n) is 4.08. The highest BCUT2D eigenvalue weighted by Gasteiger charge is 2.14. The van der Waals surface area contributed by atoms with Crippen molar-refractivity contribution in [2.75, 3.05) is 31.6 Å². The molecule has 0 aromatic heterocycles. The maximum absolute atomic E-state index is 13.0. The molecule has 2 N–H and O–H groups in total. The molecule has 0 spiro atoms. The Bertz CT molecular complexity index is 655. The Morgan fingerprint density at radius 1 is 1.04 bits per heavy atom. The van der Waals surface area contributed by atoms with Crippen LogP contribution in [0.5, 0.6) is 0 Å². The molecule has 0 unspecified atom stereocenters. The fraction of sp³-hybridized carbons (Fsp3) is 0.316. The average molecular weight is 329 g/mol. The molecule has 24 heavy (non-hydrogen) atoms. The number of rotatable bonds is 7. The van der Waals surface area contributed by atoms with E-state index in [4.69, 9.17) is 5.73 Å². The van der Waals surface area contributed by atoms with Crippen LogP contribution in [0, 0.1) is 5.82 Å². The van der Waals surface area contributed by atoms with Crippen LogP contribution in [-0.4, -0.2) is 37.5 Å². The molecule has 4 nitrogen and oxygen atoms in total. The van der Waals surface area contributed by atoms with Gasteiger partial charge in [0.2, 0.25) is 0 Å². The first-order valence-corrected chi connectivity index (χ1v) is 8.10. The van der Waals surface area contributed by atoms with Gasteiger partial charge in [-0.2, -0.15) is 0 Å². The number of carbonyl (C=O) groups is 1. The minimum Gasteiger partial charge on any atom is -0.373 e. The van der Waals surface area contributed by atoms with Gasteiger partial charge >= 0.3 is 0 Å². The summed E-state index contributed by atoms with van der Waals surface area (Å²) < 4.78 is 13.0. The monoisotopic (exact) mass is 329 g/mol. The molecule has 0 radical (unpaired) electrons. The number of benzene rings is 2. The molecule has 0 saturated carbocycles. The first-order valence-electron chi connectivity index (χ1n) is 8.10. The molecule has 2 aromatic rings. The SMILES string of the molecule is CCN(CCN(C)c1ccc(F)cc1)C(=O)c1ccc(CN)cc1. The molecule has 0 saturated heterocycles.